The number of nitrogens with one attached hydrogen (secondary N) is 1. The summed E-state index contributed by atoms with van der Waals surface area (Å²) in [5.74, 6) is 0.379. The fraction of sp³-hybridized carbons (Fsp3) is 0.220. The standard InChI is InChI=1S/C41H40BrN3O5S/c42-33-16-12-15-32(27-33)29-44(39(28-31-13-4-1-5-14-31)41(47)43-34-17-10-11-18-34)40(46)30-45(51(48,49)38-21-8-3-9-22-38)35-23-25-37(26-24-35)50-36-19-6-2-7-20-36/h1-9,12-16,19-27,34,39H,10-11,17-18,28-30H2,(H,43,47)/t39-/m0/s1. The van der Waals surface area contributed by atoms with E-state index in [9.17, 15) is 18.0 Å². The Morgan fingerprint density at radius 3 is 1.98 bits per heavy atom. The summed E-state index contributed by atoms with van der Waals surface area (Å²) in [4.78, 5) is 30.6. The van der Waals surface area contributed by atoms with Crippen molar-refractivity contribution in [3.8, 4) is 11.5 Å². The highest BCUT2D eigenvalue weighted by Gasteiger charge is 2.35. The molecule has 6 rings (SSSR count). The van der Waals surface area contributed by atoms with Crippen molar-refractivity contribution in [2.75, 3.05) is 10.8 Å². The smallest absolute Gasteiger partial charge is 0.264 e. The number of hydrogen-bond donors (Lipinski definition) is 1. The van der Waals surface area contributed by atoms with Gasteiger partial charge in [0.1, 0.15) is 24.1 Å². The highest BCUT2D eigenvalue weighted by molar-refractivity contribution is 9.10. The SMILES string of the molecule is O=C(NC1CCCC1)[C@H](Cc1ccccc1)N(Cc1cccc(Br)c1)C(=O)CN(c1ccc(Oc2ccccc2)cc1)S(=O)(=O)c1ccccc1. The highest BCUT2D eigenvalue weighted by atomic mass is 79.9. The number of nitrogens with zero attached hydrogens (tertiary/aromatic N) is 2. The summed E-state index contributed by atoms with van der Waals surface area (Å²) in [6.07, 6.45) is 4.11. The molecule has 5 aromatic rings. The van der Waals surface area contributed by atoms with Gasteiger partial charge in [-0.25, -0.2) is 8.42 Å². The molecule has 10 heteroatoms. The maximum absolute atomic E-state index is 14.8. The maximum Gasteiger partial charge on any atom is 0.264 e. The third-order valence-corrected chi connectivity index (χ3v) is 11.2. The van der Waals surface area contributed by atoms with Crippen molar-refractivity contribution in [3.05, 3.63) is 155 Å². The Morgan fingerprint density at radius 2 is 1.33 bits per heavy atom. The van der Waals surface area contributed by atoms with Crippen LogP contribution in [0.3, 0.4) is 0 Å². The van der Waals surface area contributed by atoms with Crippen molar-refractivity contribution >= 4 is 43.5 Å². The van der Waals surface area contributed by atoms with Gasteiger partial charge in [0, 0.05) is 23.5 Å². The third-order valence-electron chi connectivity index (χ3n) is 8.93. The van der Waals surface area contributed by atoms with Crippen LogP contribution >= 0.6 is 15.9 Å². The summed E-state index contributed by atoms with van der Waals surface area (Å²) >= 11 is 3.54. The summed E-state index contributed by atoms with van der Waals surface area (Å²) < 4.78 is 36.6. The number of carbonyl (C=O) groups is 2. The fourth-order valence-electron chi connectivity index (χ4n) is 6.31. The molecule has 262 valence electrons. The largest absolute Gasteiger partial charge is 0.457 e. The van der Waals surface area contributed by atoms with Crippen LogP contribution in [0.25, 0.3) is 0 Å². The van der Waals surface area contributed by atoms with Crippen molar-refractivity contribution in [2.45, 2.75) is 55.6 Å². The number of sulfonamides is 1. The number of halogens is 1. The van der Waals surface area contributed by atoms with Crippen LogP contribution < -0.4 is 14.4 Å². The van der Waals surface area contributed by atoms with Gasteiger partial charge >= 0.3 is 0 Å². The van der Waals surface area contributed by atoms with E-state index in [2.05, 4.69) is 21.2 Å². The molecule has 0 aromatic heterocycles. The number of rotatable bonds is 14. The number of anilines is 1. The Hall–Kier alpha value is -4.93. The minimum absolute atomic E-state index is 0.0326. The van der Waals surface area contributed by atoms with Crippen molar-refractivity contribution in [3.63, 3.8) is 0 Å². The van der Waals surface area contributed by atoms with Crippen molar-refractivity contribution in [2.24, 2.45) is 0 Å². The summed E-state index contributed by atoms with van der Waals surface area (Å²) in [6.45, 7) is -0.441. The molecule has 51 heavy (non-hydrogen) atoms. The highest BCUT2D eigenvalue weighted by Crippen LogP contribution is 2.29. The van der Waals surface area contributed by atoms with Gasteiger partial charge in [0.15, 0.2) is 0 Å². The minimum atomic E-state index is -4.22. The lowest BCUT2D eigenvalue weighted by Gasteiger charge is -2.34. The molecule has 0 radical (unpaired) electrons. The minimum Gasteiger partial charge on any atom is -0.457 e. The zero-order valence-electron chi connectivity index (χ0n) is 28.1. The van der Waals surface area contributed by atoms with E-state index in [1.807, 2.05) is 84.9 Å². The number of hydrogen-bond acceptors (Lipinski definition) is 5. The zero-order valence-corrected chi connectivity index (χ0v) is 30.5. The van der Waals surface area contributed by atoms with Gasteiger partial charge in [-0.1, -0.05) is 108 Å². The van der Waals surface area contributed by atoms with Crippen molar-refractivity contribution in [1.82, 2.24) is 10.2 Å². The van der Waals surface area contributed by atoms with E-state index in [1.165, 1.54) is 17.0 Å². The normalized spacial score (nSPS) is 13.7. The van der Waals surface area contributed by atoms with Gasteiger partial charge in [-0.05, 0) is 84.6 Å². The van der Waals surface area contributed by atoms with E-state index in [4.69, 9.17) is 4.74 Å². The number of para-hydroxylation sites is 1. The first kappa shape index (κ1) is 35.9. The quantitative estimate of drug-likeness (QED) is 0.123. The molecule has 1 aliphatic rings. The summed E-state index contributed by atoms with van der Waals surface area (Å²) in [5.41, 5.74) is 1.97. The molecule has 1 fully saturated rings. The first-order chi connectivity index (χ1) is 24.8. The number of ether oxygens (including phenoxy) is 1. The Kier molecular flexibility index (Phi) is 11.9. The molecule has 2 amide bonds. The summed E-state index contributed by atoms with van der Waals surface area (Å²) in [5, 5.41) is 3.21. The average Bonchev–Trinajstić information content (AvgIpc) is 3.66. The molecule has 0 bridgehead atoms. The Bertz CT molecular complexity index is 2010. The zero-order chi connectivity index (χ0) is 35.6. The Morgan fingerprint density at radius 1 is 0.745 bits per heavy atom. The van der Waals surface area contributed by atoms with Crippen LogP contribution in [0, 0.1) is 0 Å². The molecule has 8 nitrogen and oxygen atoms in total. The Balaban J connectivity index is 1.38. The van der Waals surface area contributed by atoms with Gasteiger partial charge in [-0.15, -0.1) is 0 Å². The monoisotopic (exact) mass is 765 g/mol. The van der Waals surface area contributed by atoms with Crippen molar-refractivity contribution in [1.29, 1.82) is 0 Å². The molecule has 0 heterocycles. The second-order valence-electron chi connectivity index (χ2n) is 12.6. The molecule has 1 atom stereocenters. The summed E-state index contributed by atoms with van der Waals surface area (Å²) in [6, 6.07) is 40.2. The molecule has 1 N–H and O–H groups in total. The van der Waals surface area contributed by atoms with Crippen molar-refractivity contribution < 1.29 is 22.7 Å². The average molecular weight is 767 g/mol. The van der Waals surface area contributed by atoms with E-state index in [-0.39, 0.29) is 35.5 Å². The lowest BCUT2D eigenvalue weighted by atomic mass is 10.0. The second-order valence-corrected chi connectivity index (χ2v) is 15.4. The molecule has 1 saturated carbocycles. The third kappa shape index (κ3) is 9.45. The van der Waals surface area contributed by atoms with Crippen LogP contribution in [0.1, 0.15) is 36.8 Å². The van der Waals surface area contributed by atoms with Gasteiger partial charge in [0.25, 0.3) is 10.0 Å². The maximum atomic E-state index is 14.8. The van der Waals surface area contributed by atoms with Gasteiger partial charge < -0.3 is 15.0 Å². The number of carbonyl (C=O) groups excluding carboxylic acids is 2. The van der Waals surface area contributed by atoms with E-state index >= 15 is 0 Å². The molecule has 0 spiro atoms. The van der Waals surface area contributed by atoms with Gasteiger partial charge in [0.2, 0.25) is 11.8 Å². The van der Waals surface area contributed by atoms with Gasteiger partial charge in [-0.3, -0.25) is 13.9 Å². The first-order valence-electron chi connectivity index (χ1n) is 17.1. The van der Waals surface area contributed by atoms with Crippen LogP contribution in [0.2, 0.25) is 0 Å². The van der Waals surface area contributed by atoms with E-state index < -0.39 is 28.5 Å². The Labute approximate surface area is 308 Å². The van der Waals surface area contributed by atoms with Crippen LogP contribution in [0.15, 0.2) is 149 Å². The first-order valence-corrected chi connectivity index (χ1v) is 19.3. The summed E-state index contributed by atoms with van der Waals surface area (Å²) in [7, 11) is -4.22. The van der Waals surface area contributed by atoms with E-state index in [1.54, 1.807) is 42.5 Å². The van der Waals surface area contributed by atoms with Crippen LogP contribution in [-0.2, 0) is 32.6 Å². The predicted octanol–water partition coefficient (Wildman–Crippen LogP) is 8.14. The molecule has 0 saturated heterocycles. The second kappa shape index (κ2) is 16.9. The molecule has 0 unspecified atom stereocenters. The number of benzene rings is 5. The lowest BCUT2D eigenvalue weighted by Crippen LogP contribution is -2.54. The van der Waals surface area contributed by atoms with Crippen LogP contribution in [0.4, 0.5) is 5.69 Å². The topological polar surface area (TPSA) is 96.0 Å². The molecular formula is C41H40BrN3O5S. The fourth-order valence-corrected chi connectivity index (χ4v) is 8.19. The van der Waals surface area contributed by atoms with E-state index in [0.29, 0.717) is 11.5 Å². The number of amides is 2. The molecule has 0 aliphatic heterocycles. The van der Waals surface area contributed by atoms with E-state index in [0.717, 1.165) is 45.6 Å². The van der Waals surface area contributed by atoms with Gasteiger partial charge in [-0.2, -0.15) is 0 Å². The molecule has 5 aromatic carbocycles. The van der Waals surface area contributed by atoms with Crippen LogP contribution in [-0.4, -0.2) is 43.8 Å². The predicted molar refractivity (Wildman–Crippen MR) is 203 cm³/mol. The van der Waals surface area contributed by atoms with Crippen LogP contribution in [0.5, 0.6) is 11.5 Å². The lowest BCUT2D eigenvalue weighted by molar-refractivity contribution is -0.140. The van der Waals surface area contributed by atoms with Gasteiger partial charge in [0.05, 0.1) is 10.6 Å². The molecule has 1 aliphatic carbocycles. The molecular weight excluding hydrogens is 726 g/mol.